The van der Waals surface area contributed by atoms with Crippen molar-refractivity contribution in [3.63, 3.8) is 0 Å². The molecule has 0 aliphatic heterocycles. The van der Waals surface area contributed by atoms with Crippen molar-refractivity contribution in [1.29, 1.82) is 0 Å². The summed E-state index contributed by atoms with van der Waals surface area (Å²) in [5.41, 5.74) is 7.23. The van der Waals surface area contributed by atoms with Crippen LogP contribution in [0.3, 0.4) is 0 Å². The first-order valence-corrected chi connectivity index (χ1v) is 5.79. The molecule has 0 unspecified atom stereocenters. The van der Waals surface area contributed by atoms with Gasteiger partial charge < -0.3 is 11.1 Å². The van der Waals surface area contributed by atoms with Gasteiger partial charge in [0, 0.05) is 12.1 Å². The fourth-order valence-corrected chi connectivity index (χ4v) is 1.54. The maximum atomic E-state index is 11.7. The molecule has 0 radical (unpaired) electrons. The van der Waals surface area contributed by atoms with Crippen LogP contribution in [0, 0.1) is 6.92 Å². The zero-order valence-corrected chi connectivity index (χ0v) is 9.83. The van der Waals surface area contributed by atoms with Gasteiger partial charge in [-0.3, -0.25) is 4.79 Å². The Balaban J connectivity index is 2.30. The number of amides is 1. The van der Waals surface area contributed by atoms with Gasteiger partial charge in [-0.2, -0.15) is 0 Å². The van der Waals surface area contributed by atoms with Crippen molar-refractivity contribution < 1.29 is 4.79 Å². The molecular weight excluding hydrogens is 200 g/mol. The molecule has 1 amide bonds. The highest BCUT2D eigenvalue weighted by Crippen LogP contribution is 2.03. The standard InChI is InChI=1S/C13H20N2O/c1-11-6-5-7-12(10-11)13(16)15-9-4-2-3-8-14/h5-7,10H,2-4,8-9,14H2,1H3,(H,15,16). The average Bonchev–Trinajstić information content (AvgIpc) is 2.28. The van der Waals surface area contributed by atoms with Gasteiger partial charge in [0.25, 0.3) is 5.91 Å². The first-order valence-electron chi connectivity index (χ1n) is 5.79. The monoisotopic (exact) mass is 220 g/mol. The number of unbranched alkanes of at least 4 members (excludes halogenated alkanes) is 2. The smallest absolute Gasteiger partial charge is 0.251 e. The van der Waals surface area contributed by atoms with Crippen LogP contribution >= 0.6 is 0 Å². The molecule has 16 heavy (non-hydrogen) atoms. The van der Waals surface area contributed by atoms with Crippen molar-refractivity contribution in [2.24, 2.45) is 5.73 Å². The number of hydrogen-bond donors (Lipinski definition) is 2. The summed E-state index contributed by atoms with van der Waals surface area (Å²) in [4.78, 5) is 11.7. The van der Waals surface area contributed by atoms with E-state index in [-0.39, 0.29) is 5.91 Å². The lowest BCUT2D eigenvalue weighted by atomic mass is 10.1. The van der Waals surface area contributed by atoms with Crippen LogP contribution in [0.25, 0.3) is 0 Å². The van der Waals surface area contributed by atoms with E-state index in [1.807, 2.05) is 31.2 Å². The number of hydrogen-bond acceptors (Lipinski definition) is 2. The number of aryl methyl sites for hydroxylation is 1. The molecule has 0 bridgehead atoms. The Morgan fingerprint density at radius 2 is 2.12 bits per heavy atom. The molecular formula is C13H20N2O. The van der Waals surface area contributed by atoms with Crippen LogP contribution < -0.4 is 11.1 Å². The summed E-state index contributed by atoms with van der Waals surface area (Å²) in [7, 11) is 0. The summed E-state index contributed by atoms with van der Waals surface area (Å²) in [6.07, 6.45) is 3.10. The van der Waals surface area contributed by atoms with Crippen LogP contribution in [0.1, 0.15) is 35.2 Å². The molecule has 1 rings (SSSR count). The van der Waals surface area contributed by atoms with Crippen molar-refractivity contribution in [2.75, 3.05) is 13.1 Å². The second-order valence-electron chi connectivity index (χ2n) is 3.97. The van der Waals surface area contributed by atoms with E-state index in [0.717, 1.165) is 43.5 Å². The highest BCUT2D eigenvalue weighted by Gasteiger charge is 2.03. The third kappa shape index (κ3) is 4.45. The van der Waals surface area contributed by atoms with E-state index in [1.165, 1.54) is 0 Å². The molecule has 88 valence electrons. The minimum Gasteiger partial charge on any atom is -0.352 e. The molecule has 0 aliphatic rings. The lowest BCUT2D eigenvalue weighted by Crippen LogP contribution is -2.24. The number of carbonyl (C=O) groups is 1. The van der Waals surface area contributed by atoms with Crippen LogP contribution in [0.4, 0.5) is 0 Å². The third-order valence-electron chi connectivity index (χ3n) is 2.45. The third-order valence-corrected chi connectivity index (χ3v) is 2.45. The minimum absolute atomic E-state index is 0.0106. The molecule has 1 aromatic carbocycles. The highest BCUT2D eigenvalue weighted by atomic mass is 16.1. The zero-order chi connectivity index (χ0) is 11.8. The van der Waals surface area contributed by atoms with Crippen LogP contribution in [0.2, 0.25) is 0 Å². The summed E-state index contributed by atoms with van der Waals surface area (Å²) in [6, 6.07) is 7.62. The predicted molar refractivity (Wildman–Crippen MR) is 66.4 cm³/mol. The van der Waals surface area contributed by atoms with Gasteiger partial charge in [0.1, 0.15) is 0 Å². The summed E-state index contributed by atoms with van der Waals surface area (Å²) >= 11 is 0. The largest absolute Gasteiger partial charge is 0.352 e. The Hall–Kier alpha value is -1.35. The predicted octanol–water partition coefficient (Wildman–Crippen LogP) is 1.85. The fourth-order valence-electron chi connectivity index (χ4n) is 1.54. The molecule has 0 aromatic heterocycles. The van der Waals surface area contributed by atoms with E-state index in [4.69, 9.17) is 5.73 Å². The van der Waals surface area contributed by atoms with Gasteiger partial charge in [0.05, 0.1) is 0 Å². The lowest BCUT2D eigenvalue weighted by Gasteiger charge is -2.05. The molecule has 3 heteroatoms. The van der Waals surface area contributed by atoms with Crippen molar-refractivity contribution in [2.45, 2.75) is 26.2 Å². The average molecular weight is 220 g/mol. The Morgan fingerprint density at radius 1 is 1.31 bits per heavy atom. The number of nitrogens with two attached hydrogens (primary N) is 1. The number of benzene rings is 1. The van der Waals surface area contributed by atoms with Gasteiger partial charge in [-0.15, -0.1) is 0 Å². The van der Waals surface area contributed by atoms with Crippen molar-refractivity contribution in [1.82, 2.24) is 5.32 Å². The molecule has 0 fully saturated rings. The highest BCUT2D eigenvalue weighted by molar-refractivity contribution is 5.94. The van der Waals surface area contributed by atoms with Gasteiger partial charge in [0.15, 0.2) is 0 Å². The van der Waals surface area contributed by atoms with E-state index in [1.54, 1.807) is 0 Å². The van der Waals surface area contributed by atoms with Crippen LogP contribution in [0.5, 0.6) is 0 Å². The first kappa shape index (κ1) is 12.7. The number of nitrogens with one attached hydrogen (secondary N) is 1. The first-order chi connectivity index (χ1) is 7.74. The summed E-state index contributed by atoms with van der Waals surface area (Å²) < 4.78 is 0. The minimum atomic E-state index is 0.0106. The van der Waals surface area contributed by atoms with Gasteiger partial charge in [-0.25, -0.2) is 0 Å². The molecule has 0 saturated carbocycles. The lowest BCUT2D eigenvalue weighted by molar-refractivity contribution is 0.0953. The van der Waals surface area contributed by atoms with Crippen molar-refractivity contribution in [3.8, 4) is 0 Å². The van der Waals surface area contributed by atoms with Gasteiger partial charge in [0.2, 0.25) is 0 Å². The SMILES string of the molecule is Cc1cccc(C(=O)NCCCCCN)c1. The van der Waals surface area contributed by atoms with Gasteiger partial charge in [-0.05, 0) is 38.4 Å². The van der Waals surface area contributed by atoms with Crippen molar-refractivity contribution >= 4 is 5.91 Å². The normalized spacial score (nSPS) is 10.1. The van der Waals surface area contributed by atoms with Gasteiger partial charge >= 0.3 is 0 Å². The fraction of sp³-hybridized carbons (Fsp3) is 0.462. The van der Waals surface area contributed by atoms with Crippen LogP contribution in [0.15, 0.2) is 24.3 Å². The van der Waals surface area contributed by atoms with Crippen LogP contribution in [-0.4, -0.2) is 19.0 Å². The van der Waals surface area contributed by atoms with E-state index < -0.39 is 0 Å². The quantitative estimate of drug-likeness (QED) is 0.719. The van der Waals surface area contributed by atoms with E-state index in [2.05, 4.69) is 5.32 Å². The Labute approximate surface area is 97.0 Å². The second kappa shape index (κ2) is 7.01. The molecule has 3 nitrogen and oxygen atoms in total. The Kier molecular flexibility index (Phi) is 5.57. The summed E-state index contributed by atoms with van der Waals surface area (Å²) in [6.45, 7) is 3.44. The molecule has 0 saturated heterocycles. The van der Waals surface area contributed by atoms with E-state index in [0.29, 0.717) is 0 Å². The van der Waals surface area contributed by atoms with E-state index >= 15 is 0 Å². The molecule has 0 heterocycles. The molecule has 1 aromatic rings. The second-order valence-corrected chi connectivity index (χ2v) is 3.97. The topological polar surface area (TPSA) is 55.1 Å². The Morgan fingerprint density at radius 3 is 2.81 bits per heavy atom. The zero-order valence-electron chi connectivity index (χ0n) is 9.83. The van der Waals surface area contributed by atoms with E-state index in [9.17, 15) is 4.79 Å². The molecule has 3 N–H and O–H groups in total. The maximum absolute atomic E-state index is 11.7. The molecule has 0 aliphatic carbocycles. The van der Waals surface area contributed by atoms with Gasteiger partial charge in [-0.1, -0.05) is 24.1 Å². The maximum Gasteiger partial charge on any atom is 0.251 e. The number of rotatable bonds is 6. The molecule has 0 atom stereocenters. The summed E-state index contributed by atoms with van der Waals surface area (Å²) in [5, 5.41) is 2.91. The van der Waals surface area contributed by atoms with Crippen LogP contribution in [-0.2, 0) is 0 Å². The van der Waals surface area contributed by atoms with Crippen molar-refractivity contribution in [3.05, 3.63) is 35.4 Å². The molecule has 0 spiro atoms. The Bertz CT molecular complexity index is 336. The summed E-state index contributed by atoms with van der Waals surface area (Å²) in [5.74, 6) is 0.0106. The number of carbonyl (C=O) groups excluding carboxylic acids is 1.